The number of benzene rings is 1. The lowest BCUT2D eigenvalue weighted by Gasteiger charge is -2.03. The summed E-state index contributed by atoms with van der Waals surface area (Å²) in [5.41, 5.74) is 1.53. The number of aryl methyl sites for hydroxylation is 1. The van der Waals surface area contributed by atoms with Crippen LogP contribution < -0.4 is 4.74 Å². The number of aromatic nitrogens is 1. The highest BCUT2D eigenvalue weighted by molar-refractivity contribution is 5.61. The third kappa shape index (κ3) is 1.70. The summed E-state index contributed by atoms with van der Waals surface area (Å²) < 4.78 is 23.2. The van der Waals surface area contributed by atoms with Crippen molar-refractivity contribution in [2.75, 3.05) is 7.11 Å². The maximum atomic E-state index is 13.4. The Labute approximate surface area is 86.5 Å². The number of hydrogen-bond acceptors (Lipinski definition) is 3. The van der Waals surface area contributed by atoms with Crippen molar-refractivity contribution in [3.05, 3.63) is 35.8 Å². The van der Waals surface area contributed by atoms with Crippen molar-refractivity contribution in [3.8, 4) is 17.1 Å². The fourth-order valence-corrected chi connectivity index (χ4v) is 1.38. The molecular formula is C11H10FNO2. The van der Waals surface area contributed by atoms with E-state index in [1.54, 1.807) is 18.3 Å². The minimum atomic E-state index is -0.411. The van der Waals surface area contributed by atoms with Gasteiger partial charge in [0, 0.05) is 11.1 Å². The van der Waals surface area contributed by atoms with Crippen LogP contribution in [0.3, 0.4) is 0 Å². The highest BCUT2D eigenvalue weighted by atomic mass is 19.1. The number of rotatable bonds is 2. The molecule has 0 bridgehead atoms. The molecule has 0 aliphatic heterocycles. The van der Waals surface area contributed by atoms with Gasteiger partial charge in [0.1, 0.15) is 0 Å². The summed E-state index contributed by atoms with van der Waals surface area (Å²) in [6.07, 6.45) is 1.59. The van der Waals surface area contributed by atoms with Crippen LogP contribution >= 0.6 is 0 Å². The average molecular weight is 207 g/mol. The third-order valence-corrected chi connectivity index (χ3v) is 2.16. The number of nitrogens with zero attached hydrogens (tertiary/aromatic N) is 1. The van der Waals surface area contributed by atoms with E-state index in [9.17, 15) is 4.39 Å². The van der Waals surface area contributed by atoms with Crippen LogP contribution in [-0.4, -0.2) is 12.3 Å². The van der Waals surface area contributed by atoms with Crippen molar-refractivity contribution in [2.24, 2.45) is 0 Å². The number of methoxy groups -OCH3 is 1. The van der Waals surface area contributed by atoms with Gasteiger partial charge in [-0.25, -0.2) is 4.39 Å². The topological polar surface area (TPSA) is 35.3 Å². The minimum absolute atomic E-state index is 0.218. The Morgan fingerprint density at radius 2 is 2.20 bits per heavy atom. The molecule has 0 aliphatic rings. The summed E-state index contributed by atoms with van der Waals surface area (Å²) in [6, 6.07) is 4.66. The molecule has 0 N–H and O–H groups in total. The van der Waals surface area contributed by atoms with Crippen LogP contribution in [0, 0.1) is 12.7 Å². The van der Waals surface area contributed by atoms with Crippen molar-refractivity contribution < 1.29 is 13.7 Å². The molecule has 0 atom stereocenters. The summed E-state index contributed by atoms with van der Waals surface area (Å²) in [5.74, 6) is 0.387. The Balaban J connectivity index is 2.47. The van der Waals surface area contributed by atoms with E-state index in [-0.39, 0.29) is 5.75 Å². The average Bonchev–Trinajstić information content (AvgIpc) is 2.64. The Hall–Kier alpha value is -1.84. The van der Waals surface area contributed by atoms with E-state index in [0.717, 1.165) is 5.56 Å². The zero-order chi connectivity index (χ0) is 10.8. The Kier molecular flexibility index (Phi) is 2.41. The number of hydrogen-bond donors (Lipinski definition) is 0. The lowest BCUT2D eigenvalue weighted by molar-refractivity contribution is 0.386. The second-order valence-electron chi connectivity index (χ2n) is 3.19. The van der Waals surface area contributed by atoms with Gasteiger partial charge in [0.2, 0.25) is 0 Å². The fraction of sp³-hybridized carbons (Fsp3) is 0.182. The normalized spacial score (nSPS) is 10.3. The first kappa shape index (κ1) is 9.71. The first-order chi connectivity index (χ1) is 7.22. The summed E-state index contributed by atoms with van der Waals surface area (Å²) in [4.78, 5) is 0. The Morgan fingerprint density at radius 1 is 1.40 bits per heavy atom. The van der Waals surface area contributed by atoms with Gasteiger partial charge < -0.3 is 9.26 Å². The van der Waals surface area contributed by atoms with E-state index < -0.39 is 5.82 Å². The van der Waals surface area contributed by atoms with Crippen LogP contribution in [0.15, 0.2) is 28.9 Å². The van der Waals surface area contributed by atoms with Crippen molar-refractivity contribution in [3.63, 3.8) is 0 Å². The minimum Gasteiger partial charge on any atom is -0.494 e. The van der Waals surface area contributed by atoms with Gasteiger partial charge in [0.05, 0.1) is 13.3 Å². The first-order valence-corrected chi connectivity index (χ1v) is 4.47. The van der Waals surface area contributed by atoms with Gasteiger partial charge in [-0.2, -0.15) is 0 Å². The van der Waals surface area contributed by atoms with Crippen LogP contribution in [0.2, 0.25) is 0 Å². The van der Waals surface area contributed by atoms with E-state index in [0.29, 0.717) is 11.3 Å². The molecule has 78 valence electrons. The second-order valence-corrected chi connectivity index (χ2v) is 3.19. The monoisotopic (exact) mass is 207 g/mol. The van der Waals surface area contributed by atoms with Gasteiger partial charge in [-0.3, -0.25) is 0 Å². The molecule has 1 aromatic heterocycles. The number of ether oxygens (including phenoxy) is 1. The molecule has 1 heterocycles. The second kappa shape index (κ2) is 3.73. The highest BCUT2D eigenvalue weighted by Crippen LogP contribution is 2.27. The van der Waals surface area contributed by atoms with Gasteiger partial charge in [-0.15, -0.1) is 0 Å². The van der Waals surface area contributed by atoms with E-state index in [2.05, 4.69) is 5.16 Å². The van der Waals surface area contributed by atoms with Gasteiger partial charge in [-0.1, -0.05) is 5.16 Å². The van der Waals surface area contributed by atoms with Crippen molar-refractivity contribution in [1.82, 2.24) is 5.16 Å². The van der Waals surface area contributed by atoms with Crippen LogP contribution in [0.25, 0.3) is 11.3 Å². The van der Waals surface area contributed by atoms with E-state index in [4.69, 9.17) is 9.26 Å². The number of halogens is 1. The van der Waals surface area contributed by atoms with Crippen molar-refractivity contribution in [2.45, 2.75) is 6.92 Å². The van der Waals surface area contributed by atoms with Gasteiger partial charge in [-0.05, 0) is 25.1 Å². The summed E-state index contributed by atoms with van der Waals surface area (Å²) in [5, 5.41) is 3.64. The molecule has 0 aliphatic carbocycles. The third-order valence-electron chi connectivity index (χ3n) is 2.16. The summed E-state index contributed by atoms with van der Waals surface area (Å²) in [7, 11) is 1.43. The lowest BCUT2D eigenvalue weighted by atomic mass is 10.1. The van der Waals surface area contributed by atoms with Crippen LogP contribution in [0.1, 0.15) is 5.56 Å². The molecule has 2 rings (SSSR count). The smallest absolute Gasteiger partial charge is 0.169 e. The molecular weight excluding hydrogens is 197 g/mol. The molecule has 0 saturated heterocycles. The maximum Gasteiger partial charge on any atom is 0.169 e. The van der Waals surface area contributed by atoms with Crippen molar-refractivity contribution in [1.29, 1.82) is 0 Å². The lowest BCUT2D eigenvalue weighted by Crippen LogP contribution is -1.88. The molecule has 3 nitrogen and oxygen atoms in total. The molecule has 0 unspecified atom stereocenters. The largest absolute Gasteiger partial charge is 0.494 e. The fourth-order valence-electron chi connectivity index (χ4n) is 1.38. The van der Waals surface area contributed by atoms with Gasteiger partial charge in [0.25, 0.3) is 0 Å². The van der Waals surface area contributed by atoms with Gasteiger partial charge >= 0.3 is 0 Å². The Morgan fingerprint density at radius 3 is 2.73 bits per heavy atom. The zero-order valence-electron chi connectivity index (χ0n) is 8.45. The Bertz CT molecular complexity index is 479. The molecule has 4 heteroatoms. The van der Waals surface area contributed by atoms with E-state index >= 15 is 0 Å². The molecule has 0 amide bonds. The molecule has 2 aromatic rings. The molecule has 15 heavy (non-hydrogen) atoms. The molecule has 0 fully saturated rings. The predicted molar refractivity (Wildman–Crippen MR) is 53.2 cm³/mol. The zero-order valence-corrected chi connectivity index (χ0v) is 8.45. The van der Waals surface area contributed by atoms with Crippen LogP contribution in [0.4, 0.5) is 4.39 Å². The van der Waals surface area contributed by atoms with Crippen LogP contribution in [-0.2, 0) is 0 Å². The maximum absolute atomic E-state index is 13.4. The molecule has 0 spiro atoms. The SMILES string of the molecule is COc1ccc(-c2oncc2C)cc1F. The molecule has 0 radical (unpaired) electrons. The highest BCUT2D eigenvalue weighted by Gasteiger charge is 2.10. The van der Waals surface area contributed by atoms with Gasteiger partial charge in [0.15, 0.2) is 17.3 Å². The summed E-state index contributed by atoms with van der Waals surface area (Å²) in [6.45, 7) is 1.86. The quantitative estimate of drug-likeness (QED) is 0.759. The summed E-state index contributed by atoms with van der Waals surface area (Å²) >= 11 is 0. The van der Waals surface area contributed by atoms with E-state index in [1.807, 2.05) is 6.92 Å². The van der Waals surface area contributed by atoms with Crippen molar-refractivity contribution >= 4 is 0 Å². The predicted octanol–water partition coefficient (Wildman–Crippen LogP) is 2.80. The standard InChI is InChI=1S/C11H10FNO2/c1-7-6-13-15-11(7)8-3-4-10(14-2)9(12)5-8/h3-6H,1-2H3. The molecule has 1 aromatic carbocycles. The first-order valence-electron chi connectivity index (χ1n) is 4.47. The molecule has 0 saturated carbocycles. The van der Waals surface area contributed by atoms with E-state index in [1.165, 1.54) is 13.2 Å². The van der Waals surface area contributed by atoms with Crippen LogP contribution in [0.5, 0.6) is 5.75 Å².